The summed E-state index contributed by atoms with van der Waals surface area (Å²) in [5, 5.41) is 11.7. The first-order valence-corrected chi connectivity index (χ1v) is 19.9. The van der Waals surface area contributed by atoms with E-state index in [1.807, 2.05) is 38.7 Å². The van der Waals surface area contributed by atoms with Crippen LogP contribution in [0.15, 0.2) is 30.3 Å². The highest BCUT2D eigenvalue weighted by Crippen LogP contribution is 2.58. The molecule has 3 aliphatic heterocycles. The minimum atomic E-state index is -0.646. The van der Waals surface area contributed by atoms with Crippen LogP contribution in [0.25, 0.3) is 32.9 Å². The maximum Gasteiger partial charge on any atom is 0.410 e. The van der Waals surface area contributed by atoms with Crippen molar-refractivity contribution in [2.75, 3.05) is 13.7 Å². The zero-order chi connectivity index (χ0) is 38.0. The van der Waals surface area contributed by atoms with Crippen molar-refractivity contribution in [3.8, 4) is 17.2 Å². The third kappa shape index (κ3) is 5.43. The van der Waals surface area contributed by atoms with Gasteiger partial charge in [0.15, 0.2) is 5.82 Å². The van der Waals surface area contributed by atoms with E-state index in [0.717, 1.165) is 48.7 Å². The molecule has 4 bridgehead atoms. The Kier molecular flexibility index (Phi) is 8.49. The Balaban J connectivity index is 1.31. The van der Waals surface area contributed by atoms with Crippen molar-refractivity contribution in [1.29, 1.82) is 5.26 Å². The molecule has 0 radical (unpaired) electrons. The number of carbonyl (C=O) groups excluding carboxylic acids is 2. The third-order valence-corrected chi connectivity index (χ3v) is 13.4. The van der Waals surface area contributed by atoms with Gasteiger partial charge in [-0.05, 0) is 90.0 Å². The highest BCUT2D eigenvalue weighted by atomic mass is 35.5. The van der Waals surface area contributed by atoms with E-state index < -0.39 is 11.4 Å². The fourth-order valence-electron chi connectivity index (χ4n) is 10.2. The molecule has 282 valence electrons. The quantitative estimate of drug-likeness (QED) is 0.186. The van der Waals surface area contributed by atoms with Crippen molar-refractivity contribution in [2.45, 2.75) is 109 Å². The average molecular weight is 773 g/mol. The monoisotopic (exact) mass is 771 g/mol. The lowest BCUT2D eigenvalue weighted by molar-refractivity contribution is -0.139. The highest BCUT2D eigenvalue weighted by Gasteiger charge is 2.60. The Bertz CT molecular complexity index is 2290. The number of hydrogen-bond acceptors (Lipinski definition) is 6. The van der Waals surface area contributed by atoms with Crippen LogP contribution in [0.5, 0.6) is 0 Å². The van der Waals surface area contributed by atoms with Crippen molar-refractivity contribution >= 4 is 57.0 Å². The van der Waals surface area contributed by atoms with Crippen LogP contribution in [-0.2, 0) is 20.7 Å². The molecule has 54 heavy (non-hydrogen) atoms. The number of amides is 2. The number of likely N-dealkylation sites (tertiary alicyclic amines) is 1. The number of piperidine rings is 1. The molecule has 2 aromatic carbocycles. The zero-order valence-electron chi connectivity index (χ0n) is 31.2. The second-order valence-corrected chi connectivity index (χ2v) is 17.8. The number of fused-ring (bicyclic) bond motifs is 6. The van der Waals surface area contributed by atoms with Crippen LogP contribution in [0.2, 0.25) is 10.0 Å². The summed E-state index contributed by atoms with van der Waals surface area (Å²) in [6.45, 7) is 8.07. The van der Waals surface area contributed by atoms with Crippen molar-refractivity contribution in [3.63, 3.8) is 0 Å². The summed E-state index contributed by atoms with van der Waals surface area (Å²) >= 11 is 13.2. The molecule has 2 aromatic heterocycles. The molecule has 5 heterocycles. The summed E-state index contributed by atoms with van der Waals surface area (Å²) in [6, 6.07) is 11.1. The lowest BCUT2D eigenvalue weighted by atomic mass is 9.79. The third-order valence-electron chi connectivity index (χ3n) is 12.6. The number of carbonyl (C=O) groups is 2. The second kappa shape index (κ2) is 12.8. The lowest BCUT2D eigenvalue weighted by Crippen LogP contribution is -2.48. The normalized spacial score (nSPS) is 27.2. The molecule has 0 unspecified atom stereocenters. The lowest BCUT2D eigenvalue weighted by Gasteiger charge is -2.43. The van der Waals surface area contributed by atoms with Gasteiger partial charge < -0.3 is 23.8 Å². The van der Waals surface area contributed by atoms with Crippen LogP contribution in [0.4, 0.5) is 9.18 Å². The molecule has 3 saturated heterocycles. The van der Waals surface area contributed by atoms with E-state index >= 15 is 4.39 Å². The summed E-state index contributed by atoms with van der Waals surface area (Å²) in [4.78, 5) is 36.7. The van der Waals surface area contributed by atoms with E-state index in [1.165, 1.54) is 0 Å². The number of halogens is 3. The van der Waals surface area contributed by atoms with Gasteiger partial charge in [-0.25, -0.2) is 14.2 Å². The minimum Gasteiger partial charge on any atom is -0.444 e. The van der Waals surface area contributed by atoms with Crippen LogP contribution in [0.3, 0.4) is 0 Å². The van der Waals surface area contributed by atoms with Gasteiger partial charge in [-0.15, -0.1) is 0 Å². The predicted octanol–water partition coefficient (Wildman–Crippen LogP) is 9.33. The minimum absolute atomic E-state index is 0.00193. The van der Waals surface area contributed by atoms with Gasteiger partial charge in [-0.3, -0.25) is 4.79 Å². The number of pyridine rings is 1. The standard InChI is InChI=1S/C42H44Cl2FN5O4/c1-20-26-18-31(39-27-16-24(17-32(27)53-5)49(39)40(51)21-11-12-21)50(37-23-15-30(37)48(19-23)41(52)54-42(2,3)4)38(26)28-14-22(8-7-13-46)33(35(45)36(28)47-20)25-9-6-10-29(43)34(25)44/h6,9-10,14,18,21,23-24,27,30,32,37,39H,7-8,11-12,15-17,19H2,1-5H3/t23-,24-,27+,30-,32+,37+,39-/m1/s1. The zero-order valence-corrected chi connectivity index (χ0v) is 32.7. The number of ether oxygens (including phenoxy) is 2. The SMILES string of the molecule is CO[C@H]1C[C@H]2C[C@@H]1[C@H](c1cc3c(C)nc4c(F)c(-c5cccc(Cl)c5Cl)c(CCC#N)cc4c3n1[C@H]1[C@@H]3C[C@H]1N(C(=O)OC(C)(C)C)C3)N2C(=O)C1CC1. The van der Waals surface area contributed by atoms with E-state index in [-0.39, 0.29) is 89.0 Å². The van der Waals surface area contributed by atoms with Gasteiger partial charge in [0, 0.05) is 77.2 Å². The molecule has 9 nitrogen and oxygen atoms in total. The van der Waals surface area contributed by atoms with E-state index in [1.54, 1.807) is 25.3 Å². The number of aromatic nitrogens is 2. The van der Waals surface area contributed by atoms with Crippen molar-refractivity contribution < 1.29 is 23.5 Å². The van der Waals surface area contributed by atoms with Gasteiger partial charge in [0.1, 0.15) is 11.1 Å². The molecule has 6 fully saturated rings. The molecule has 3 saturated carbocycles. The predicted molar refractivity (Wildman–Crippen MR) is 205 cm³/mol. The summed E-state index contributed by atoms with van der Waals surface area (Å²) < 4.78 is 31.7. The van der Waals surface area contributed by atoms with E-state index in [2.05, 4.69) is 21.6 Å². The Morgan fingerprint density at radius 3 is 2.59 bits per heavy atom. The largest absolute Gasteiger partial charge is 0.444 e. The molecular formula is C42H44Cl2FN5O4. The Morgan fingerprint density at radius 1 is 1.11 bits per heavy atom. The molecule has 7 atom stereocenters. The average Bonchev–Trinajstić information content (AvgIpc) is 3.45. The number of hydrogen-bond donors (Lipinski definition) is 0. The first-order chi connectivity index (χ1) is 25.8. The van der Waals surface area contributed by atoms with E-state index in [9.17, 15) is 14.9 Å². The fourth-order valence-corrected chi connectivity index (χ4v) is 10.6. The Hall–Kier alpha value is -3.91. The molecular weight excluding hydrogens is 728 g/mol. The van der Waals surface area contributed by atoms with E-state index in [4.69, 9.17) is 37.7 Å². The Morgan fingerprint density at radius 2 is 1.89 bits per heavy atom. The molecule has 4 aromatic rings. The number of nitrogens with zero attached hydrogens (tertiary/aromatic N) is 5. The van der Waals surface area contributed by atoms with E-state index in [0.29, 0.717) is 33.8 Å². The van der Waals surface area contributed by atoms with Crippen LogP contribution in [-0.4, -0.2) is 68.8 Å². The first kappa shape index (κ1) is 35.8. The van der Waals surface area contributed by atoms with Gasteiger partial charge in [0.2, 0.25) is 5.91 Å². The van der Waals surface area contributed by atoms with Crippen molar-refractivity contribution in [3.05, 3.63) is 63.1 Å². The van der Waals surface area contributed by atoms with Crippen LogP contribution in [0.1, 0.15) is 88.3 Å². The Labute approximate surface area is 324 Å². The topological polar surface area (TPSA) is 101 Å². The van der Waals surface area contributed by atoms with Gasteiger partial charge in [0.25, 0.3) is 0 Å². The summed E-state index contributed by atoms with van der Waals surface area (Å²) in [5.41, 5.74) is 3.38. The number of nitriles is 1. The van der Waals surface area contributed by atoms with Crippen molar-refractivity contribution in [1.82, 2.24) is 19.4 Å². The molecule has 0 spiro atoms. The molecule has 2 amide bonds. The van der Waals surface area contributed by atoms with Gasteiger partial charge in [-0.2, -0.15) is 5.26 Å². The number of methoxy groups -OCH3 is 1. The van der Waals surface area contributed by atoms with Crippen LogP contribution >= 0.6 is 23.2 Å². The second-order valence-electron chi connectivity index (χ2n) is 17.0. The maximum absolute atomic E-state index is 17.4. The van der Waals surface area contributed by atoms with Crippen LogP contribution < -0.4 is 0 Å². The van der Waals surface area contributed by atoms with Gasteiger partial charge in [-0.1, -0.05) is 35.3 Å². The molecule has 6 aliphatic rings. The number of aryl methyl sites for hydroxylation is 2. The summed E-state index contributed by atoms with van der Waals surface area (Å²) in [5.74, 6) is -0.0492. The maximum atomic E-state index is 17.4. The first-order valence-electron chi connectivity index (χ1n) is 19.1. The number of rotatable bonds is 7. The number of benzene rings is 2. The molecule has 0 N–H and O–H groups in total. The molecule has 3 aliphatic carbocycles. The highest BCUT2D eigenvalue weighted by molar-refractivity contribution is 6.43. The fraction of sp³-hybridized carbons (Fsp3) is 0.524. The smallest absolute Gasteiger partial charge is 0.410 e. The van der Waals surface area contributed by atoms with Crippen LogP contribution in [0, 0.1) is 41.8 Å². The summed E-state index contributed by atoms with van der Waals surface area (Å²) in [7, 11) is 1.76. The van der Waals surface area contributed by atoms with Crippen molar-refractivity contribution in [2.24, 2.45) is 17.8 Å². The van der Waals surface area contributed by atoms with Gasteiger partial charge >= 0.3 is 6.09 Å². The van der Waals surface area contributed by atoms with Gasteiger partial charge in [0.05, 0.1) is 45.9 Å². The summed E-state index contributed by atoms with van der Waals surface area (Å²) in [6.07, 6.45) is 4.44. The molecule has 10 rings (SSSR count). The molecule has 12 heteroatoms.